The maximum absolute atomic E-state index is 11.4. The van der Waals surface area contributed by atoms with Crippen molar-refractivity contribution in [3.8, 4) is 5.75 Å². The van der Waals surface area contributed by atoms with Gasteiger partial charge in [0.15, 0.2) is 0 Å². The van der Waals surface area contributed by atoms with E-state index in [0.29, 0.717) is 24.6 Å². The Bertz CT molecular complexity index is 355. The quantitative estimate of drug-likeness (QED) is 0.743. The van der Waals surface area contributed by atoms with Crippen LogP contribution < -0.4 is 15.4 Å². The van der Waals surface area contributed by atoms with Gasteiger partial charge in [-0.25, -0.2) is 4.79 Å². The summed E-state index contributed by atoms with van der Waals surface area (Å²) in [5, 5.41) is 5.68. The van der Waals surface area contributed by atoms with Crippen molar-refractivity contribution >= 4 is 11.8 Å². The first-order chi connectivity index (χ1) is 8.27. The number of benzene rings is 1. The van der Waals surface area contributed by atoms with Gasteiger partial charge in [-0.2, -0.15) is 0 Å². The Morgan fingerprint density at radius 3 is 2.82 bits per heavy atom. The van der Waals surface area contributed by atoms with E-state index in [0.717, 1.165) is 6.54 Å². The Kier molecular flexibility index (Phi) is 5.88. The fourth-order valence-corrected chi connectivity index (χ4v) is 1.29. The number of likely N-dealkylation sites (N-methyl/N-ethyl adjacent to an activating group) is 1. The summed E-state index contributed by atoms with van der Waals surface area (Å²) in [6, 6.07) is 7.18. The first kappa shape index (κ1) is 13.3. The molecule has 0 aromatic heterocycles. The molecule has 1 aromatic carbocycles. The van der Waals surface area contributed by atoms with Crippen molar-refractivity contribution in [1.82, 2.24) is 5.32 Å². The number of methoxy groups -OCH3 is 1. The number of ether oxygens (including phenoxy) is 2. The van der Waals surface area contributed by atoms with Crippen molar-refractivity contribution in [2.75, 3.05) is 32.1 Å². The van der Waals surface area contributed by atoms with Crippen LogP contribution in [0.5, 0.6) is 5.75 Å². The van der Waals surface area contributed by atoms with Gasteiger partial charge in [-0.3, -0.25) is 5.32 Å². The van der Waals surface area contributed by atoms with Crippen LogP contribution in [0.15, 0.2) is 24.3 Å². The van der Waals surface area contributed by atoms with E-state index in [-0.39, 0.29) is 0 Å². The molecule has 1 rings (SSSR count). The third-order valence-electron chi connectivity index (χ3n) is 2.11. The second kappa shape index (κ2) is 7.51. The van der Waals surface area contributed by atoms with Crippen LogP contribution in [0.4, 0.5) is 10.5 Å². The van der Waals surface area contributed by atoms with E-state index in [2.05, 4.69) is 10.6 Å². The Morgan fingerprint density at radius 2 is 2.12 bits per heavy atom. The molecule has 0 saturated carbocycles. The normalized spacial score (nSPS) is 9.76. The lowest BCUT2D eigenvalue weighted by atomic mass is 10.3. The fourth-order valence-electron chi connectivity index (χ4n) is 1.29. The van der Waals surface area contributed by atoms with Crippen LogP contribution in [0.3, 0.4) is 0 Å². The number of carbonyl (C=O) groups is 1. The van der Waals surface area contributed by atoms with Crippen molar-refractivity contribution in [1.29, 1.82) is 0 Å². The lowest BCUT2D eigenvalue weighted by Crippen LogP contribution is -2.23. The molecule has 0 radical (unpaired) electrons. The number of anilines is 1. The summed E-state index contributed by atoms with van der Waals surface area (Å²) in [5.41, 5.74) is 0.600. The van der Waals surface area contributed by atoms with Gasteiger partial charge >= 0.3 is 6.09 Å². The molecule has 17 heavy (non-hydrogen) atoms. The topological polar surface area (TPSA) is 59.6 Å². The van der Waals surface area contributed by atoms with Crippen molar-refractivity contribution in [3.05, 3.63) is 24.3 Å². The molecule has 0 aliphatic carbocycles. The average Bonchev–Trinajstić information content (AvgIpc) is 2.35. The Balaban J connectivity index is 2.39. The molecule has 94 valence electrons. The standard InChI is InChI=1S/C12H18N2O3/c1-3-13-8-9-17-12(15)14-10-6-4-5-7-11(10)16-2/h4-7,13H,3,8-9H2,1-2H3,(H,14,15). The second-order valence-corrected chi connectivity index (χ2v) is 3.31. The lowest BCUT2D eigenvalue weighted by Gasteiger charge is -2.10. The first-order valence-corrected chi connectivity index (χ1v) is 5.55. The monoisotopic (exact) mass is 238 g/mol. The van der Waals surface area contributed by atoms with Crippen LogP contribution in [0.2, 0.25) is 0 Å². The first-order valence-electron chi connectivity index (χ1n) is 5.55. The highest BCUT2D eigenvalue weighted by molar-refractivity contribution is 5.86. The summed E-state index contributed by atoms with van der Waals surface area (Å²) in [7, 11) is 1.55. The number of amides is 1. The maximum Gasteiger partial charge on any atom is 0.411 e. The average molecular weight is 238 g/mol. The third kappa shape index (κ3) is 4.74. The molecule has 0 unspecified atom stereocenters. The zero-order valence-electron chi connectivity index (χ0n) is 10.2. The van der Waals surface area contributed by atoms with Gasteiger partial charge in [0.25, 0.3) is 0 Å². The molecule has 1 amide bonds. The van der Waals surface area contributed by atoms with Crippen LogP contribution >= 0.6 is 0 Å². The minimum atomic E-state index is -0.479. The van der Waals surface area contributed by atoms with Gasteiger partial charge in [0.2, 0.25) is 0 Å². The predicted molar refractivity (Wildman–Crippen MR) is 66.5 cm³/mol. The summed E-state index contributed by atoms with van der Waals surface area (Å²) in [6.07, 6.45) is -0.479. The number of nitrogens with one attached hydrogen (secondary N) is 2. The van der Waals surface area contributed by atoms with Gasteiger partial charge in [0.05, 0.1) is 12.8 Å². The smallest absolute Gasteiger partial charge is 0.411 e. The van der Waals surface area contributed by atoms with Crippen molar-refractivity contribution in [2.45, 2.75) is 6.92 Å². The third-order valence-corrected chi connectivity index (χ3v) is 2.11. The van der Waals surface area contributed by atoms with E-state index in [1.54, 1.807) is 19.2 Å². The number of hydrogen-bond acceptors (Lipinski definition) is 4. The van der Waals surface area contributed by atoms with E-state index in [4.69, 9.17) is 9.47 Å². The van der Waals surface area contributed by atoms with Crippen LogP contribution in [-0.2, 0) is 4.74 Å². The summed E-state index contributed by atoms with van der Waals surface area (Å²) in [6.45, 7) is 3.84. The second-order valence-electron chi connectivity index (χ2n) is 3.31. The maximum atomic E-state index is 11.4. The van der Waals surface area contributed by atoms with Crippen LogP contribution in [-0.4, -0.2) is 32.9 Å². The van der Waals surface area contributed by atoms with E-state index >= 15 is 0 Å². The highest BCUT2D eigenvalue weighted by Gasteiger charge is 2.06. The van der Waals surface area contributed by atoms with Gasteiger partial charge in [-0.1, -0.05) is 19.1 Å². The zero-order valence-corrected chi connectivity index (χ0v) is 10.2. The summed E-state index contributed by atoms with van der Waals surface area (Å²) in [5.74, 6) is 0.608. The predicted octanol–water partition coefficient (Wildman–Crippen LogP) is 1.85. The minimum absolute atomic E-state index is 0.342. The van der Waals surface area contributed by atoms with E-state index in [1.165, 1.54) is 0 Å². The Morgan fingerprint density at radius 1 is 1.35 bits per heavy atom. The molecular weight excluding hydrogens is 220 g/mol. The molecule has 0 aliphatic rings. The fraction of sp³-hybridized carbons (Fsp3) is 0.417. The molecule has 0 atom stereocenters. The highest BCUT2D eigenvalue weighted by Crippen LogP contribution is 2.22. The molecule has 0 bridgehead atoms. The van der Waals surface area contributed by atoms with Crippen molar-refractivity contribution < 1.29 is 14.3 Å². The molecule has 0 spiro atoms. The van der Waals surface area contributed by atoms with Crippen LogP contribution in [0.1, 0.15) is 6.92 Å². The van der Waals surface area contributed by atoms with Gasteiger partial charge in [0.1, 0.15) is 12.4 Å². The van der Waals surface area contributed by atoms with Crippen LogP contribution in [0.25, 0.3) is 0 Å². The number of rotatable bonds is 6. The number of para-hydroxylation sites is 2. The zero-order chi connectivity index (χ0) is 12.5. The van der Waals surface area contributed by atoms with Gasteiger partial charge in [-0.05, 0) is 18.7 Å². The largest absolute Gasteiger partial charge is 0.495 e. The summed E-state index contributed by atoms with van der Waals surface area (Å²) < 4.78 is 10.1. The molecule has 0 aliphatic heterocycles. The number of carbonyl (C=O) groups excluding carboxylic acids is 1. The molecule has 0 fully saturated rings. The highest BCUT2D eigenvalue weighted by atomic mass is 16.5. The molecule has 1 aromatic rings. The van der Waals surface area contributed by atoms with E-state index in [9.17, 15) is 4.79 Å². The summed E-state index contributed by atoms with van der Waals surface area (Å²) >= 11 is 0. The van der Waals surface area contributed by atoms with Crippen molar-refractivity contribution in [3.63, 3.8) is 0 Å². The molecule has 5 nitrogen and oxygen atoms in total. The Hall–Kier alpha value is -1.75. The van der Waals surface area contributed by atoms with E-state index in [1.807, 2.05) is 19.1 Å². The van der Waals surface area contributed by atoms with E-state index < -0.39 is 6.09 Å². The van der Waals surface area contributed by atoms with Gasteiger partial charge in [-0.15, -0.1) is 0 Å². The minimum Gasteiger partial charge on any atom is -0.495 e. The van der Waals surface area contributed by atoms with Crippen LogP contribution in [0, 0.1) is 0 Å². The SMILES string of the molecule is CCNCCOC(=O)Nc1ccccc1OC. The van der Waals surface area contributed by atoms with Crippen molar-refractivity contribution in [2.24, 2.45) is 0 Å². The molecule has 5 heteroatoms. The Labute approximate surface area is 101 Å². The molecule has 2 N–H and O–H groups in total. The lowest BCUT2D eigenvalue weighted by molar-refractivity contribution is 0.162. The summed E-state index contributed by atoms with van der Waals surface area (Å²) in [4.78, 5) is 11.4. The molecule has 0 saturated heterocycles. The molecular formula is C12H18N2O3. The van der Waals surface area contributed by atoms with Gasteiger partial charge in [0, 0.05) is 6.54 Å². The van der Waals surface area contributed by atoms with Gasteiger partial charge < -0.3 is 14.8 Å². The number of hydrogen-bond donors (Lipinski definition) is 2. The molecule has 0 heterocycles.